The van der Waals surface area contributed by atoms with Gasteiger partial charge in [-0.3, -0.25) is 0 Å². The normalized spacial score (nSPS) is 9.62. The molecule has 0 bridgehead atoms. The van der Waals surface area contributed by atoms with E-state index in [1.54, 1.807) is 0 Å². The van der Waals surface area contributed by atoms with Crippen molar-refractivity contribution in [3.63, 3.8) is 0 Å². The summed E-state index contributed by atoms with van der Waals surface area (Å²) < 4.78 is 0. The fraction of sp³-hybridized carbons (Fsp3) is 0.500. The Morgan fingerprint density at radius 1 is 1.75 bits per heavy atom. The number of hydrogen-bond donors (Lipinski definition) is 1. The highest BCUT2D eigenvalue weighted by Gasteiger charge is 1.77. The Morgan fingerprint density at radius 2 is 2.50 bits per heavy atom. The first-order valence-electron chi connectivity index (χ1n) is 2.67. The summed E-state index contributed by atoms with van der Waals surface area (Å²) in [5.74, 6) is 0. The first-order valence-corrected chi connectivity index (χ1v) is 4.08. The molecule has 1 atom stereocenters. The van der Waals surface area contributed by atoms with Gasteiger partial charge >= 0.3 is 0 Å². The van der Waals surface area contributed by atoms with Gasteiger partial charge in [0.1, 0.15) is 0 Å². The van der Waals surface area contributed by atoms with Gasteiger partial charge < -0.3 is 5.73 Å². The van der Waals surface area contributed by atoms with Crippen LogP contribution in [0.15, 0.2) is 18.4 Å². The van der Waals surface area contributed by atoms with Crippen LogP contribution < -0.4 is 5.73 Å². The molecule has 0 amide bonds. The van der Waals surface area contributed by atoms with Gasteiger partial charge in [-0.2, -0.15) is 0 Å². The van der Waals surface area contributed by atoms with Gasteiger partial charge in [0, 0.05) is 0 Å². The quantitative estimate of drug-likeness (QED) is 0.341. The highest BCUT2D eigenvalue weighted by Crippen LogP contribution is 2.05. The first kappa shape index (κ1) is 7.91. The molecule has 0 aliphatic rings. The minimum Gasteiger partial charge on any atom is -0.330 e. The monoisotopic (exact) mass is 129 g/mol. The van der Waals surface area contributed by atoms with Gasteiger partial charge in [-0.15, -0.1) is 14.3 Å². The molecule has 0 saturated heterocycles. The summed E-state index contributed by atoms with van der Waals surface area (Å²) in [5.41, 5.74) is 7.99. The third-order valence-corrected chi connectivity index (χ3v) is 1.85. The molecule has 8 heavy (non-hydrogen) atoms. The smallest absolute Gasteiger partial charge is 0.00401 e. The van der Waals surface area contributed by atoms with Crippen LogP contribution in [0.3, 0.4) is 0 Å². The Bertz CT molecular complexity index is 84.5. The Morgan fingerprint density at radius 3 is 3.00 bits per heavy atom. The largest absolute Gasteiger partial charge is 0.330 e. The average molecular weight is 129 g/mol. The Balaban J connectivity index is 2.82. The SMILES string of the molecule is C=C=CCPCCN. The van der Waals surface area contributed by atoms with Gasteiger partial charge in [0.05, 0.1) is 0 Å². The maximum atomic E-state index is 5.27. The molecule has 0 aromatic carbocycles. The predicted octanol–water partition coefficient (Wildman–Crippen LogP) is 0.965. The van der Waals surface area contributed by atoms with Crippen molar-refractivity contribution in [2.75, 3.05) is 18.9 Å². The fourth-order valence-electron chi connectivity index (χ4n) is 0.348. The van der Waals surface area contributed by atoms with Crippen molar-refractivity contribution in [3.8, 4) is 0 Å². The second kappa shape index (κ2) is 6.91. The molecular weight excluding hydrogens is 117 g/mol. The summed E-state index contributed by atoms with van der Waals surface area (Å²) in [4.78, 5) is 0. The minimum atomic E-state index is 0.809. The zero-order valence-electron chi connectivity index (χ0n) is 4.98. The van der Waals surface area contributed by atoms with Crippen molar-refractivity contribution in [2.45, 2.75) is 0 Å². The molecule has 0 aliphatic carbocycles. The zero-order valence-corrected chi connectivity index (χ0v) is 5.98. The van der Waals surface area contributed by atoms with E-state index in [4.69, 9.17) is 5.73 Å². The number of allylic oxidation sites excluding steroid dienone is 1. The molecule has 1 unspecified atom stereocenters. The van der Waals surface area contributed by atoms with E-state index >= 15 is 0 Å². The summed E-state index contributed by atoms with van der Waals surface area (Å²) in [7, 11) is 0.956. The van der Waals surface area contributed by atoms with E-state index in [9.17, 15) is 0 Å². The van der Waals surface area contributed by atoms with E-state index in [0.717, 1.165) is 27.4 Å². The van der Waals surface area contributed by atoms with Crippen LogP contribution in [0.25, 0.3) is 0 Å². The standard InChI is InChI=1S/C6H12NP/c1-2-3-5-8-6-4-7/h3,8H,1,4-7H2. The molecule has 46 valence electrons. The topological polar surface area (TPSA) is 26.0 Å². The molecule has 0 heterocycles. The molecule has 0 aromatic rings. The molecule has 0 aromatic heterocycles. The van der Waals surface area contributed by atoms with Gasteiger partial charge in [0.15, 0.2) is 0 Å². The van der Waals surface area contributed by atoms with Gasteiger partial charge in [0.25, 0.3) is 0 Å². The van der Waals surface area contributed by atoms with Crippen LogP contribution in [0.4, 0.5) is 0 Å². The number of hydrogen-bond acceptors (Lipinski definition) is 1. The molecule has 0 spiro atoms. The first-order chi connectivity index (χ1) is 3.91. The third-order valence-electron chi connectivity index (χ3n) is 0.712. The van der Waals surface area contributed by atoms with Crippen molar-refractivity contribution in [1.82, 2.24) is 0 Å². The molecule has 1 nitrogen and oxygen atoms in total. The van der Waals surface area contributed by atoms with Crippen LogP contribution in [0.5, 0.6) is 0 Å². The lowest BCUT2D eigenvalue weighted by Gasteiger charge is -1.89. The number of nitrogens with two attached hydrogens (primary N) is 1. The van der Waals surface area contributed by atoms with Gasteiger partial charge in [-0.05, 0) is 24.9 Å². The van der Waals surface area contributed by atoms with Crippen molar-refractivity contribution in [1.29, 1.82) is 0 Å². The molecular formula is C6H12NP. The molecule has 0 saturated carbocycles. The highest BCUT2D eigenvalue weighted by molar-refractivity contribution is 7.38. The van der Waals surface area contributed by atoms with Crippen LogP contribution in [0, 0.1) is 0 Å². The van der Waals surface area contributed by atoms with Gasteiger partial charge in [-0.25, -0.2) is 0 Å². The Hall–Kier alpha value is -0.0900. The Labute approximate surface area is 52.4 Å². The van der Waals surface area contributed by atoms with E-state index in [1.807, 2.05) is 6.08 Å². The van der Waals surface area contributed by atoms with Crippen molar-refractivity contribution < 1.29 is 0 Å². The zero-order chi connectivity index (χ0) is 6.24. The minimum absolute atomic E-state index is 0.809. The second-order valence-corrected chi connectivity index (χ2v) is 2.81. The summed E-state index contributed by atoms with van der Waals surface area (Å²) in [5, 5.41) is 0. The van der Waals surface area contributed by atoms with E-state index in [2.05, 4.69) is 12.3 Å². The van der Waals surface area contributed by atoms with E-state index < -0.39 is 0 Å². The van der Waals surface area contributed by atoms with Crippen molar-refractivity contribution >= 4 is 8.58 Å². The van der Waals surface area contributed by atoms with Crippen molar-refractivity contribution in [2.24, 2.45) is 5.73 Å². The van der Waals surface area contributed by atoms with Crippen LogP contribution in [0.1, 0.15) is 0 Å². The second-order valence-electron chi connectivity index (χ2n) is 1.40. The lowest BCUT2D eigenvalue weighted by Crippen LogP contribution is -1.99. The summed E-state index contributed by atoms with van der Waals surface area (Å²) in [6.07, 6.45) is 4.19. The van der Waals surface area contributed by atoms with Crippen molar-refractivity contribution in [3.05, 3.63) is 18.4 Å². The van der Waals surface area contributed by atoms with E-state index in [1.165, 1.54) is 0 Å². The lowest BCUT2D eigenvalue weighted by atomic mass is 10.7. The highest BCUT2D eigenvalue weighted by atomic mass is 31.1. The third kappa shape index (κ3) is 5.91. The van der Waals surface area contributed by atoms with Crippen LogP contribution in [-0.4, -0.2) is 18.9 Å². The maximum Gasteiger partial charge on any atom is -0.00401 e. The van der Waals surface area contributed by atoms with E-state index in [0.29, 0.717) is 0 Å². The fourth-order valence-corrected chi connectivity index (χ4v) is 1.05. The van der Waals surface area contributed by atoms with E-state index in [-0.39, 0.29) is 0 Å². The molecule has 0 radical (unpaired) electrons. The van der Waals surface area contributed by atoms with Crippen LogP contribution >= 0.6 is 8.58 Å². The maximum absolute atomic E-state index is 5.27. The molecule has 2 heteroatoms. The molecule has 2 N–H and O–H groups in total. The predicted molar refractivity (Wildman–Crippen MR) is 40.8 cm³/mol. The summed E-state index contributed by atoms with van der Waals surface area (Å²) >= 11 is 0. The number of rotatable bonds is 4. The van der Waals surface area contributed by atoms with Crippen LogP contribution in [0.2, 0.25) is 0 Å². The summed E-state index contributed by atoms with van der Waals surface area (Å²) in [6, 6.07) is 0. The van der Waals surface area contributed by atoms with Crippen LogP contribution in [-0.2, 0) is 0 Å². The van der Waals surface area contributed by atoms with Gasteiger partial charge in [0.2, 0.25) is 0 Å². The molecule has 0 rings (SSSR count). The molecule has 0 fully saturated rings. The molecule has 0 aliphatic heterocycles. The van der Waals surface area contributed by atoms with Gasteiger partial charge in [-0.1, -0.05) is 6.58 Å². The summed E-state index contributed by atoms with van der Waals surface area (Å²) in [6.45, 7) is 4.26. The average Bonchev–Trinajstić information content (AvgIpc) is 1.81. The Kier molecular flexibility index (Phi) is 6.83. The lowest BCUT2D eigenvalue weighted by molar-refractivity contribution is 1.15.